The van der Waals surface area contributed by atoms with Crippen molar-refractivity contribution in [3.05, 3.63) is 34.9 Å². The standard InChI is InChI=1S/C15H18F3NO.C3H8.C2H6/c1-10-9-13(3-4-14(10)15(16,17)18)12-5-7-19(8-6-12)11(2)20;1-3-2;1-2/h3-4,9,12H,5-8H2,1-2H3;3H2,1-2H3;1-2H3. The molecule has 0 atom stereocenters. The van der Waals surface area contributed by atoms with Crippen LogP contribution in [0.5, 0.6) is 0 Å². The molecule has 0 spiro atoms. The number of hydrogen-bond acceptors (Lipinski definition) is 1. The number of aryl methyl sites for hydroxylation is 1. The molecule has 0 saturated carbocycles. The van der Waals surface area contributed by atoms with E-state index in [9.17, 15) is 18.0 Å². The summed E-state index contributed by atoms with van der Waals surface area (Å²) in [5.41, 5.74) is 0.644. The molecule has 1 saturated heterocycles. The summed E-state index contributed by atoms with van der Waals surface area (Å²) in [7, 11) is 0. The first-order valence-electron chi connectivity index (χ1n) is 9.13. The number of halogens is 3. The van der Waals surface area contributed by atoms with Crippen LogP contribution in [0, 0.1) is 6.92 Å². The predicted molar refractivity (Wildman–Crippen MR) is 97.7 cm³/mol. The summed E-state index contributed by atoms with van der Waals surface area (Å²) in [5.74, 6) is 0.304. The molecular formula is C20H32F3NO. The van der Waals surface area contributed by atoms with Gasteiger partial charge in [-0.2, -0.15) is 13.2 Å². The lowest BCUT2D eigenvalue weighted by Gasteiger charge is -2.31. The molecule has 0 N–H and O–H groups in total. The third-order valence-electron chi connectivity index (χ3n) is 3.97. The molecule has 1 aromatic rings. The van der Waals surface area contributed by atoms with Crippen molar-refractivity contribution >= 4 is 5.91 Å². The number of amides is 1. The van der Waals surface area contributed by atoms with E-state index in [4.69, 9.17) is 0 Å². The van der Waals surface area contributed by atoms with Gasteiger partial charge in [0.1, 0.15) is 0 Å². The van der Waals surface area contributed by atoms with Gasteiger partial charge >= 0.3 is 6.18 Å². The Morgan fingerprint density at radius 3 is 2.00 bits per heavy atom. The van der Waals surface area contributed by atoms with Crippen molar-refractivity contribution in [3.8, 4) is 0 Å². The number of carbonyl (C=O) groups excluding carboxylic acids is 1. The Hall–Kier alpha value is -1.52. The molecule has 25 heavy (non-hydrogen) atoms. The maximum absolute atomic E-state index is 12.7. The Balaban J connectivity index is 0.00000104. The molecule has 0 bridgehead atoms. The largest absolute Gasteiger partial charge is 0.416 e. The quantitative estimate of drug-likeness (QED) is 0.586. The number of piperidine rings is 1. The van der Waals surface area contributed by atoms with Gasteiger partial charge in [0.25, 0.3) is 0 Å². The van der Waals surface area contributed by atoms with Crippen LogP contribution in [0.4, 0.5) is 13.2 Å². The van der Waals surface area contributed by atoms with Crippen LogP contribution in [-0.2, 0) is 11.0 Å². The van der Waals surface area contributed by atoms with Crippen LogP contribution in [0.3, 0.4) is 0 Å². The monoisotopic (exact) mass is 359 g/mol. The summed E-state index contributed by atoms with van der Waals surface area (Å²) in [6.07, 6.45) is -1.42. The number of hydrogen-bond donors (Lipinski definition) is 0. The third-order valence-corrected chi connectivity index (χ3v) is 3.97. The summed E-state index contributed by atoms with van der Waals surface area (Å²) in [4.78, 5) is 13.0. The molecule has 1 amide bonds. The smallest absolute Gasteiger partial charge is 0.343 e. The van der Waals surface area contributed by atoms with Gasteiger partial charge in [0, 0.05) is 20.0 Å². The van der Waals surface area contributed by atoms with E-state index in [2.05, 4.69) is 13.8 Å². The van der Waals surface area contributed by atoms with Crippen molar-refractivity contribution < 1.29 is 18.0 Å². The second-order valence-corrected chi connectivity index (χ2v) is 6.06. The van der Waals surface area contributed by atoms with Crippen molar-refractivity contribution in [2.24, 2.45) is 0 Å². The van der Waals surface area contributed by atoms with Crippen molar-refractivity contribution in [2.45, 2.75) is 72.9 Å². The molecule has 2 nitrogen and oxygen atoms in total. The van der Waals surface area contributed by atoms with Gasteiger partial charge in [-0.25, -0.2) is 0 Å². The van der Waals surface area contributed by atoms with Crippen molar-refractivity contribution in [2.75, 3.05) is 13.1 Å². The first kappa shape index (κ1) is 23.5. The van der Waals surface area contributed by atoms with Crippen LogP contribution in [0.25, 0.3) is 0 Å². The Kier molecular flexibility index (Phi) is 10.5. The van der Waals surface area contributed by atoms with Crippen LogP contribution in [-0.4, -0.2) is 23.9 Å². The fraction of sp³-hybridized carbons (Fsp3) is 0.650. The number of alkyl halides is 3. The molecule has 1 fully saturated rings. The highest BCUT2D eigenvalue weighted by molar-refractivity contribution is 5.73. The average Bonchev–Trinajstić information content (AvgIpc) is 2.56. The maximum Gasteiger partial charge on any atom is 0.416 e. The van der Waals surface area contributed by atoms with Crippen molar-refractivity contribution in [1.29, 1.82) is 0 Å². The van der Waals surface area contributed by atoms with Crippen LogP contribution >= 0.6 is 0 Å². The molecule has 2 rings (SSSR count). The Labute approximate surface area is 150 Å². The maximum atomic E-state index is 12.7. The van der Waals surface area contributed by atoms with Gasteiger partial charge in [-0.05, 0) is 42.9 Å². The SMILES string of the molecule is CC.CC(=O)N1CCC(c2ccc(C(F)(F)F)c(C)c2)CC1.CCC. The summed E-state index contributed by atoms with van der Waals surface area (Å²) in [5, 5.41) is 0. The fourth-order valence-electron chi connectivity index (χ4n) is 2.79. The highest BCUT2D eigenvalue weighted by atomic mass is 19.4. The van der Waals surface area contributed by atoms with E-state index in [0.717, 1.165) is 18.4 Å². The average molecular weight is 359 g/mol. The minimum atomic E-state index is -4.29. The lowest BCUT2D eigenvalue weighted by molar-refractivity contribution is -0.138. The van der Waals surface area contributed by atoms with Crippen LogP contribution in [0.1, 0.15) is 76.5 Å². The number of rotatable bonds is 1. The predicted octanol–water partition coefficient (Wildman–Crippen LogP) is 6.18. The second kappa shape index (κ2) is 11.2. The number of likely N-dealkylation sites (tertiary alicyclic amines) is 1. The molecule has 0 unspecified atom stereocenters. The normalized spacial score (nSPS) is 14.8. The number of benzene rings is 1. The van der Waals surface area contributed by atoms with Gasteiger partial charge in [-0.1, -0.05) is 46.2 Å². The van der Waals surface area contributed by atoms with E-state index in [1.54, 1.807) is 24.0 Å². The van der Waals surface area contributed by atoms with Crippen LogP contribution < -0.4 is 0 Å². The fourth-order valence-corrected chi connectivity index (χ4v) is 2.79. The molecule has 0 aliphatic carbocycles. The van der Waals surface area contributed by atoms with Crippen molar-refractivity contribution in [3.63, 3.8) is 0 Å². The topological polar surface area (TPSA) is 20.3 Å². The van der Waals surface area contributed by atoms with Crippen LogP contribution in [0.15, 0.2) is 18.2 Å². The summed E-state index contributed by atoms with van der Waals surface area (Å²) in [6.45, 7) is 12.7. The van der Waals surface area contributed by atoms with E-state index in [1.807, 2.05) is 13.8 Å². The lowest BCUT2D eigenvalue weighted by Crippen LogP contribution is -2.36. The Bertz CT molecular complexity index is 518. The van der Waals surface area contributed by atoms with E-state index in [-0.39, 0.29) is 17.4 Å². The summed E-state index contributed by atoms with van der Waals surface area (Å²) >= 11 is 0. The zero-order valence-electron chi connectivity index (χ0n) is 16.3. The van der Waals surface area contributed by atoms with Gasteiger partial charge in [0.2, 0.25) is 5.91 Å². The molecule has 1 aliphatic rings. The zero-order valence-corrected chi connectivity index (χ0v) is 16.3. The van der Waals surface area contributed by atoms with E-state index in [0.29, 0.717) is 13.1 Å². The van der Waals surface area contributed by atoms with Gasteiger partial charge in [-0.15, -0.1) is 0 Å². The Morgan fingerprint density at radius 2 is 1.64 bits per heavy atom. The minimum absolute atomic E-state index is 0.0621. The molecule has 5 heteroatoms. The molecule has 1 aromatic carbocycles. The van der Waals surface area contributed by atoms with E-state index in [1.165, 1.54) is 19.4 Å². The first-order chi connectivity index (χ1) is 11.7. The molecule has 0 radical (unpaired) electrons. The lowest BCUT2D eigenvalue weighted by atomic mass is 9.87. The highest BCUT2D eigenvalue weighted by Crippen LogP contribution is 2.35. The highest BCUT2D eigenvalue weighted by Gasteiger charge is 2.32. The summed E-state index contributed by atoms with van der Waals surface area (Å²) < 4.78 is 38.2. The molecule has 1 aliphatic heterocycles. The van der Waals surface area contributed by atoms with E-state index >= 15 is 0 Å². The molecule has 1 heterocycles. The summed E-state index contributed by atoms with van der Waals surface area (Å²) in [6, 6.07) is 4.38. The zero-order chi connectivity index (χ0) is 19.6. The van der Waals surface area contributed by atoms with E-state index < -0.39 is 11.7 Å². The van der Waals surface area contributed by atoms with Crippen LogP contribution in [0.2, 0.25) is 0 Å². The number of carbonyl (C=O) groups is 1. The second-order valence-electron chi connectivity index (χ2n) is 6.06. The van der Waals surface area contributed by atoms with Gasteiger partial charge in [0.05, 0.1) is 5.56 Å². The molecule has 0 aromatic heterocycles. The Morgan fingerprint density at radius 1 is 1.16 bits per heavy atom. The van der Waals surface area contributed by atoms with Gasteiger partial charge in [0.15, 0.2) is 0 Å². The minimum Gasteiger partial charge on any atom is -0.343 e. The first-order valence-corrected chi connectivity index (χ1v) is 9.13. The number of nitrogens with zero attached hydrogens (tertiary/aromatic N) is 1. The molecule has 144 valence electrons. The van der Waals surface area contributed by atoms with Gasteiger partial charge < -0.3 is 4.90 Å². The van der Waals surface area contributed by atoms with Gasteiger partial charge in [-0.3, -0.25) is 4.79 Å². The molecular weight excluding hydrogens is 327 g/mol. The third kappa shape index (κ3) is 7.49. The van der Waals surface area contributed by atoms with Crippen molar-refractivity contribution in [1.82, 2.24) is 4.90 Å².